The number of rotatable bonds is 3. The first-order chi connectivity index (χ1) is 7.57. The zero-order valence-corrected chi connectivity index (χ0v) is 8.75. The number of benzene rings is 1. The summed E-state index contributed by atoms with van der Waals surface area (Å²) >= 11 is 0. The van der Waals surface area contributed by atoms with Crippen molar-refractivity contribution in [2.24, 2.45) is 0 Å². The lowest BCUT2D eigenvalue weighted by Crippen LogP contribution is -2.42. The molecule has 0 aliphatic heterocycles. The van der Waals surface area contributed by atoms with Crippen molar-refractivity contribution in [1.82, 2.24) is 0 Å². The fourth-order valence-electron chi connectivity index (χ4n) is 1.29. The van der Waals surface area contributed by atoms with Crippen molar-refractivity contribution in [3.63, 3.8) is 0 Å². The Morgan fingerprint density at radius 3 is 2.38 bits per heavy atom. The normalized spacial score (nSPS) is 11.2. The van der Waals surface area contributed by atoms with Gasteiger partial charge in [-0.2, -0.15) is 0 Å². The Kier molecular flexibility index (Phi) is 3.67. The van der Waals surface area contributed by atoms with Gasteiger partial charge in [-0.15, -0.1) is 6.42 Å². The molecule has 82 valence electrons. The molecule has 1 aromatic rings. The highest BCUT2D eigenvalue weighted by atomic mass is 16.4. The molecule has 0 aliphatic rings. The van der Waals surface area contributed by atoms with Gasteiger partial charge in [0.25, 0.3) is 0 Å². The molecule has 0 saturated heterocycles. The molecule has 1 rings (SSSR count). The molecule has 16 heavy (non-hydrogen) atoms. The Balaban J connectivity index is 3.12. The predicted molar refractivity (Wildman–Crippen MR) is 59.9 cm³/mol. The molecular weight excluding hydrogens is 206 g/mol. The smallest absolute Gasteiger partial charge is 0.326 e. The van der Waals surface area contributed by atoms with Gasteiger partial charge in [-0.25, -0.2) is 4.79 Å². The van der Waals surface area contributed by atoms with E-state index in [1.165, 1.54) is 6.92 Å². The molecule has 0 fully saturated rings. The van der Waals surface area contributed by atoms with E-state index in [0.717, 1.165) is 4.90 Å². The van der Waals surface area contributed by atoms with E-state index in [0.29, 0.717) is 5.69 Å². The quantitative estimate of drug-likeness (QED) is 0.772. The highest BCUT2D eigenvalue weighted by Gasteiger charge is 2.25. The van der Waals surface area contributed by atoms with Crippen LogP contribution in [0.4, 0.5) is 5.69 Å². The minimum Gasteiger partial charge on any atom is -0.480 e. The molecule has 1 aromatic carbocycles. The van der Waals surface area contributed by atoms with Crippen LogP contribution >= 0.6 is 0 Å². The van der Waals surface area contributed by atoms with Crippen molar-refractivity contribution in [3.8, 4) is 12.3 Å². The van der Waals surface area contributed by atoms with E-state index in [-0.39, 0.29) is 0 Å². The number of carbonyl (C=O) groups excluding carboxylic acids is 1. The summed E-state index contributed by atoms with van der Waals surface area (Å²) in [4.78, 5) is 23.4. The molecule has 0 radical (unpaired) electrons. The number of hydrogen-bond acceptors (Lipinski definition) is 2. The van der Waals surface area contributed by atoms with Crippen LogP contribution in [0.2, 0.25) is 0 Å². The average molecular weight is 217 g/mol. The highest BCUT2D eigenvalue weighted by molar-refractivity contribution is 6.08. The van der Waals surface area contributed by atoms with E-state index in [4.69, 9.17) is 11.5 Å². The molecule has 0 saturated carbocycles. The third-order valence-electron chi connectivity index (χ3n) is 2.12. The number of amides is 1. The van der Waals surface area contributed by atoms with Crippen LogP contribution in [0.5, 0.6) is 0 Å². The van der Waals surface area contributed by atoms with Crippen molar-refractivity contribution < 1.29 is 14.7 Å². The van der Waals surface area contributed by atoms with Crippen LogP contribution in [0, 0.1) is 12.3 Å². The summed E-state index contributed by atoms with van der Waals surface area (Å²) in [7, 11) is 0. The number of anilines is 1. The summed E-state index contributed by atoms with van der Waals surface area (Å²) in [6.07, 6.45) is 5.01. The lowest BCUT2D eigenvalue weighted by molar-refractivity contribution is -0.139. The molecule has 1 N–H and O–H groups in total. The predicted octanol–water partition coefficient (Wildman–Crippen LogP) is 1.13. The summed E-state index contributed by atoms with van der Waals surface area (Å²) in [5.74, 6) is 0.153. The second kappa shape index (κ2) is 4.99. The second-order valence-electron chi connectivity index (χ2n) is 3.17. The van der Waals surface area contributed by atoms with E-state index in [1.54, 1.807) is 30.3 Å². The van der Waals surface area contributed by atoms with Gasteiger partial charge in [0.15, 0.2) is 0 Å². The molecule has 0 aliphatic carbocycles. The Labute approximate surface area is 93.5 Å². The lowest BCUT2D eigenvalue weighted by atomic mass is 10.2. The molecule has 4 heteroatoms. The molecule has 0 bridgehead atoms. The number of carboxylic acids is 1. The van der Waals surface area contributed by atoms with Gasteiger partial charge in [0, 0.05) is 5.69 Å². The molecule has 1 amide bonds. The second-order valence-corrected chi connectivity index (χ2v) is 3.17. The number of carbonyl (C=O) groups is 2. The van der Waals surface area contributed by atoms with Crippen molar-refractivity contribution in [2.75, 3.05) is 4.90 Å². The van der Waals surface area contributed by atoms with Gasteiger partial charge < -0.3 is 5.11 Å². The first kappa shape index (κ1) is 11.8. The number of aliphatic carboxylic acids is 1. The topological polar surface area (TPSA) is 57.6 Å². The average Bonchev–Trinajstić information content (AvgIpc) is 2.30. The molecule has 0 heterocycles. The van der Waals surface area contributed by atoms with Crippen LogP contribution in [0.25, 0.3) is 0 Å². The molecular formula is C12H11NO3. The third kappa shape index (κ3) is 2.39. The fraction of sp³-hybridized carbons (Fsp3) is 0.167. The number of terminal acetylenes is 1. The SMILES string of the molecule is C#CC(=O)N(c1ccccc1)C(C)C(=O)O. The molecule has 0 aromatic heterocycles. The summed E-state index contributed by atoms with van der Waals surface area (Å²) < 4.78 is 0. The largest absolute Gasteiger partial charge is 0.480 e. The Hall–Kier alpha value is -2.28. The van der Waals surface area contributed by atoms with Crippen LogP contribution in [-0.2, 0) is 9.59 Å². The number of hydrogen-bond donors (Lipinski definition) is 1. The molecule has 0 spiro atoms. The third-order valence-corrected chi connectivity index (χ3v) is 2.12. The highest BCUT2D eigenvalue weighted by Crippen LogP contribution is 2.16. The standard InChI is InChI=1S/C12H11NO3/c1-3-11(14)13(9(2)12(15)16)10-7-5-4-6-8-10/h1,4-9H,2H3,(H,15,16). The van der Waals surface area contributed by atoms with E-state index in [2.05, 4.69) is 0 Å². The van der Waals surface area contributed by atoms with Crippen molar-refractivity contribution in [2.45, 2.75) is 13.0 Å². The van der Waals surface area contributed by atoms with Gasteiger partial charge in [-0.05, 0) is 25.0 Å². The zero-order chi connectivity index (χ0) is 12.1. The molecule has 1 atom stereocenters. The Morgan fingerprint density at radius 1 is 1.38 bits per heavy atom. The first-order valence-electron chi connectivity index (χ1n) is 4.65. The Morgan fingerprint density at radius 2 is 1.94 bits per heavy atom. The number of carboxylic acid groups (broad SMARTS) is 1. The van der Waals surface area contributed by atoms with Crippen molar-refractivity contribution >= 4 is 17.6 Å². The van der Waals surface area contributed by atoms with E-state index in [1.807, 2.05) is 5.92 Å². The van der Waals surface area contributed by atoms with Gasteiger partial charge in [-0.3, -0.25) is 9.69 Å². The van der Waals surface area contributed by atoms with Crippen LogP contribution in [0.1, 0.15) is 6.92 Å². The van der Waals surface area contributed by atoms with E-state index in [9.17, 15) is 9.59 Å². The lowest BCUT2D eigenvalue weighted by Gasteiger charge is -2.24. The maximum absolute atomic E-state index is 11.5. The van der Waals surface area contributed by atoms with Crippen molar-refractivity contribution in [1.29, 1.82) is 0 Å². The van der Waals surface area contributed by atoms with Gasteiger partial charge in [0.05, 0.1) is 0 Å². The fourth-order valence-corrected chi connectivity index (χ4v) is 1.29. The summed E-state index contributed by atoms with van der Waals surface area (Å²) in [6.45, 7) is 1.41. The minimum absolute atomic E-state index is 0.473. The van der Waals surface area contributed by atoms with E-state index < -0.39 is 17.9 Å². The van der Waals surface area contributed by atoms with Crippen LogP contribution in [0.15, 0.2) is 30.3 Å². The summed E-state index contributed by atoms with van der Waals surface area (Å²) in [5.41, 5.74) is 0.473. The van der Waals surface area contributed by atoms with Gasteiger partial charge >= 0.3 is 11.9 Å². The maximum Gasteiger partial charge on any atom is 0.326 e. The van der Waals surface area contributed by atoms with Crippen LogP contribution < -0.4 is 4.90 Å². The molecule has 1 unspecified atom stereocenters. The monoisotopic (exact) mass is 217 g/mol. The summed E-state index contributed by atoms with van der Waals surface area (Å²) in [5, 5.41) is 8.90. The molecule has 4 nitrogen and oxygen atoms in total. The zero-order valence-electron chi connectivity index (χ0n) is 8.75. The van der Waals surface area contributed by atoms with Gasteiger partial charge in [-0.1, -0.05) is 18.2 Å². The van der Waals surface area contributed by atoms with Crippen LogP contribution in [-0.4, -0.2) is 23.0 Å². The van der Waals surface area contributed by atoms with Gasteiger partial charge in [0.1, 0.15) is 6.04 Å². The number of para-hydroxylation sites is 1. The Bertz CT molecular complexity index is 433. The minimum atomic E-state index is -1.10. The van der Waals surface area contributed by atoms with Gasteiger partial charge in [0.2, 0.25) is 0 Å². The number of nitrogens with zero attached hydrogens (tertiary/aromatic N) is 1. The first-order valence-corrected chi connectivity index (χ1v) is 4.65. The summed E-state index contributed by atoms with van der Waals surface area (Å²) in [6, 6.07) is 7.46. The maximum atomic E-state index is 11.5. The van der Waals surface area contributed by atoms with Crippen LogP contribution in [0.3, 0.4) is 0 Å². The van der Waals surface area contributed by atoms with Crippen molar-refractivity contribution in [3.05, 3.63) is 30.3 Å². The van der Waals surface area contributed by atoms with E-state index >= 15 is 0 Å².